The average Bonchev–Trinajstić information content (AvgIpc) is 2.84. The van der Waals surface area contributed by atoms with Crippen LogP contribution in [0, 0.1) is 0 Å². The molecule has 0 aromatic rings. The molecule has 94 valence electrons. The Balaban J connectivity index is 0.00000128. The van der Waals surface area contributed by atoms with Gasteiger partial charge in [0, 0.05) is 19.1 Å². The maximum Gasteiger partial charge on any atom is 0.251 e. The summed E-state index contributed by atoms with van der Waals surface area (Å²) < 4.78 is 5.69. The highest BCUT2D eigenvalue weighted by Gasteiger charge is 2.34. The van der Waals surface area contributed by atoms with Gasteiger partial charge in [-0.05, 0) is 25.7 Å². The maximum absolute atomic E-state index is 12.0. The smallest absolute Gasteiger partial charge is 0.251 e. The molecule has 2 aliphatic heterocycles. The molecule has 2 rings (SSSR count). The third-order valence-electron chi connectivity index (χ3n) is 3.37. The topological polar surface area (TPSA) is 55.6 Å². The van der Waals surface area contributed by atoms with E-state index in [9.17, 15) is 4.79 Å². The van der Waals surface area contributed by atoms with Crippen LogP contribution in [-0.4, -0.2) is 42.1 Å². The van der Waals surface area contributed by atoms with Crippen LogP contribution in [0.15, 0.2) is 0 Å². The third-order valence-corrected chi connectivity index (χ3v) is 3.37. The summed E-state index contributed by atoms with van der Waals surface area (Å²) in [5, 5.41) is 0. The fraction of sp³-hybridized carbons (Fsp3) is 0.909. The Morgan fingerprint density at radius 2 is 2.19 bits per heavy atom. The minimum absolute atomic E-state index is 0. The van der Waals surface area contributed by atoms with E-state index in [0.717, 1.165) is 32.2 Å². The van der Waals surface area contributed by atoms with E-state index >= 15 is 0 Å². The van der Waals surface area contributed by atoms with Gasteiger partial charge in [0.2, 0.25) is 0 Å². The molecule has 0 aromatic carbocycles. The monoisotopic (exact) mass is 248 g/mol. The Bertz CT molecular complexity index is 250. The quantitative estimate of drug-likeness (QED) is 0.791. The van der Waals surface area contributed by atoms with E-state index < -0.39 is 0 Å². The van der Waals surface area contributed by atoms with Crippen molar-refractivity contribution in [1.29, 1.82) is 0 Å². The minimum Gasteiger partial charge on any atom is -0.365 e. The van der Waals surface area contributed by atoms with Crippen molar-refractivity contribution < 1.29 is 9.53 Å². The van der Waals surface area contributed by atoms with Crippen molar-refractivity contribution in [2.75, 3.05) is 13.1 Å². The van der Waals surface area contributed by atoms with E-state index in [-0.39, 0.29) is 36.6 Å². The molecule has 0 bridgehead atoms. The summed E-state index contributed by atoms with van der Waals surface area (Å²) in [5.41, 5.74) is 5.78. The molecule has 2 heterocycles. The lowest BCUT2D eigenvalue weighted by Gasteiger charge is -2.20. The fourth-order valence-electron chi connectivity index (χ4n) is 2.38. The van der Waals surface area contributed by atoms with Gasteiger partial charge in [-0.2, -0.15) is 0 Å². The molecule has 4 nitrogen and oxygen atoms in total. The van der Waals surface area contributed by atoms with Crippen molar-refractivity contribution >= 4 is 18.3 Å². The predicted octanol–water partition coefficient (Wildman–Crippen LogP) is 0.925. The van der Waals surface area contributed by atoms with Crippen LogP contribution in [0.5, 0.6) is 0 Å². The van der Waals surface area contributed by atoms with Gasteiger partial charge in [-0.3, -0.25) is 4.79 Å². The summed E-state index contributed by atoms with van der Waals surface area (Å²) in [6, 6.07) is 0.164. The van der Waals surface area contributed by atoms with Crippen LogP contribution < -0.4 is 5.73 Å². The molecule has 1 amide bonds. The summed E-state index contributed by atoms with van der Waals surface area (Å²) in [4.78, 5) is 13.9. The number of rotatable bonds is 2. The molecule has 16 heavy (non-hydrogen) atoms. The van der Waals surface area contributed by atoms with E-state index in [1.54, 1.807) is 0 Å². The summed E-state index contributed by atoms with van der Waals surface area (Å²) in [5.74, 6) is 0.152. The van der Waals surface area contributed by atoms with Gasteiger partial charge >= 0.3 is 0 Å². The van der Waals surface area contributed by atoms with Crippen molar-refractivity contribution in [2.24, 2.45) is 5.73 Å². The lowest BCUT2D eigenvalue weighted by Crippen LogP contribution is -2.39. The molecule has 2 N–H and O–H groups in total. The number of nitrogens with zero attached hydrogens (tertiary/aromatic N) is 1. The van der Waals surface area contributed by atoms with Crippen molar-refractivity contribution in [3.63, 3.8) is 0 Å². The Labute approximate surface area is 103 Å². The minimum atomic E-state index is -0.194. The number of hydrogen-bond acceptors (Lipinski definition) is 3. The van der Waals surface area contributed by atoms with E-state index in [2.05, 4.69) is 6.92 Å². The van der Waals surface area contributed by atoms with Crippen LogP contribution >= 0.6 is 12.4 Å². The van der Waals surface area contributed by atoms with Crippen molar-refractivity contribution in [3.05, 3.63) is 0 Å². The Hall–Kier alpha value is -0.320. The molecular weight excluding hydrogens is 228 g/mol. The number of ether oxygens (including phenoxy) is 1. The SMILES string of the molecule is CCC1CCC(C(=O)N2CCC(N)C2)O1.Cl. The number of likely N-dealkylation sites (tertiary alicyclic amines) is 1. The van der Waals surface area contributed by atoms with Gasteiger partial charge in [-0.25, -0.2) is 0 Å². The number of nitrogens with two attached hydrogens (primary N) is 1. The van der Waals surface area contributed by atoms with Gasteiger partial charge < -0.3 is 15.4 Å². The first kappa shape index (κ1) is 13.7. The summed E-state index contributed by atoms with van der Waals surface area (Å²) in [6.07, 6.45) is 3.92. The van der Waals surface area contributed by atoms with Gasteiger partial charge in [0.05, 0.1) is 6.10 Å². The average molecular weight is 249 g/mol. The van der Waals surface area contributed by atoms with Crippen LogP contribution in [0.3, 0.4) is 0 Å². The first-order valence-corrected chi connectivity index (χ1v) is 5.90. The molecule has 3 unspecified atom stereocenters. The molecule has 3 atom stereocenters. The Morgan fingerprint density at radius 1 is 1.44 bits per heavy atom. The molecule has 2 fully saturated rings. The zero-order chi connectivity index (χ0) is 10.8. The van der Waals surface area contributed by atoms with E-state index in [4.69, 9.17) is 10.5 Å². The Morgan fingerprint density at radius 3 is 2.69 bits per heavy atom. The van der Waals surface area contributed by atoms with Crippen LogP contribution in [-0.2, 0) is 9.53 Å². The number of carbonyl (C=O) groups is 1. The molecule has 0 spiro atoms. The lowest BCUT2D eigenvalue weighted by atomic mass is 10.1. The largest absolute Gasteiger partial charge is 0.365 e. The molecule has 2 aliphatic rings. The van der Waals surface area contributed by atoms with Gasteiger partial charge in [0.15, 0.2) is 0 Å². The standard InChI is InChI=1S/C11H20N2O2.ClH/c1-2-9-3-4-10(15-9)11(14)13-6-5-8(12)7-13;/h8-10H,2-7,12H2,1H3;1H. The molecule has 0 aromatic heterocycles. The van der Waals surface area contributed by atoms with E-state index in [0.29, 0.717) is 6.54 Å². The number of halogens is 1. The molecule has 0 radical (unpaired) electrons. The highest BCUT2D eigenvalue weighted by molar-refractivity contribution is 5.85. The Kier molecular flexibility index (Phi) is 5.02. The van der Waals surface area contributed by atoms with E-state index in [1.807, 2.05) is 4.90 Å². The second-order valence-corrected chi connectivity index (χ2v) is 4.57. The molecule has 0 saturated carbocycles. The maximum atomic E-state index is 12.0. The van der Waals surface area contributed by atoms with Gasteiger partial charge in [0.1, 0.15) is 6.10 Å². The van der Waals surface area contributed by atoms with Crippen molar-refractivity contribution in [3.8, 4) is 0 Å². The predicted molar refractivity (Wildman–Crippen MR) is 64.6 cm³/mol. The second-order valence-electron chi connectivity index (χ2n) is 4.57. The highest BCUT2D eigenvalue weighted by Crippen LogP contribution is 2.24. The second kappa shape index (κ2) is 5.84. The third kappa shape index (κ3) is 2.87. The first-order chi connectivity index (χ1) is 7.20. The van der Waals surface area contributed by atoms with Crippen LogP contribution in [0.1, 0.15) is 32.6 Å². The van der Waals surface area contributed by atoms with Crippen LogP contribution in [0.4, 0.5) is 0 Å². The van der Waals surface area contributed by atoms with E-state index in [1.165, 1.54) is 0 Å². The highest BCUT2D eigenvalue weighted by atomic mass is 35.5. The molecular formula is C11H21ClN2O2. The van der Waals surface area contributed by atoms with Crippen LogP contribution in [0.25, 0.3) is 0 Å². The summed E-state index contributed by atoms with van der Waals surface area (Å²) >= 11 is 0. The van der Waals surface area contributed by atoms with Gasteiger partial charge in [-0.15, -0.1) is 12.4 Å². The zero-order valence-corrected chi connectivity index (χ0v) is 10.5. The van der Waals surface area contributed by atoms with Crippen molar-refractivity contribution in [2.45, 2.75) is 50.9 Å². The van der Waals surface area contributed by atoms with Gasteiger partial charge in [0.25, 0.3) is 5.91 Å². The lowest BCUT2D eigenvalue weighted by molar-refractivity contribution is -0.141. The fourth-order valence-corrected chi connectivity index (χ4v) is 2.38. The summed E-state index contributed by atoms with van der Waals surface area (Å²) in [6.45, 7) is 3.61. The molecule has 2 saturated heterocycles. The van der Waals surface area contributed by atoms with Crippen LogP contribution in [0.2, 0.25) is 0 Å². The number of carbonyl (C=O) groups excluding carboxylic acids is 1. The normalized spacial score (nSPS) is 33.9. The zero-order valence-electron chi connectivity index (χ0n) is 9.72. The molecule has 5 heteroatoms. The number of hydrogen-bond donors (Lipinski definition) is 1. The number of amides is 1. The van der Waals surface area contributed by atoms with Gasteiger partial charge in [-0.1, -0.05) is 6.92 Å². The van der Waals surface area contributed by atoms with Crippen molar-refractivity contribution in [1.82, 2.24) is 4.90 Å². The summed E-state index contributed by atoms with van der Waals surface area (Å²) in [7, 11) is 0. The first-order valence-electron chi connectivity index (χ1n) is 5.90. The molecule has 0 aliphatic carbocycles.